The highest BCUT2D eigenvalue weighted by atomic mass is 32.2. The lowest BCUT2D eigenvalue weighted by molar-refractivity contribution is -0.116. The Morgan fingerprint density at radius 2 is 1.94 bits per heavy atom. The molecule has 6 nitrogen and oxygen atoms in total. The van der Waals surface area contributed by atoms with Crippen molar-refractivity contribution in [2.75, 3.05) is 5.32 Å². The maximum Gasteiger partial charge on any atom is 0.335 e. The lowest BCUT2D eigenvalue weighted by Gasteiger charge is -2.09. The van der Waals surface area contributed by atoms with Gasteiger partial charge in [0.1, 0.15) is 4.75 Å². The number of aromatic carboxylic acids is 1. The predicted octanol–water partition coefficient (Wildman–Crippen LogP) is 0.467. The van der Waals surface area contributed by atoms with Crippen molar-refractivity contribution >= 4 is 28.3 Å². The SMILES string of the molecule is O=C(O)c1cccc(NC(=O)C2([SH](=O)=O)CC2)c1. The molecule has 96 valence electrons. The first kappa shape index (κ1) is 12.6. The largest absolute Gasteiger partial charge is 0.478 e. The summed E-state index contributed by atoms with van der Waals surface area (Å²) in [6, 6.07) is 5.67. The zero-order chi connectivity index (χ0) is 13.3. The lowest BCUT2D eigenvalue weighted by atomic mass is 10.2. The van der Waals surface area contributed by atoms with Crippen LogP contribution in [0.1, 0.15) is 23.2 Å². The number of carboxylic acid groups (broad SMARTS) is 1. The number of anilines is 1. The second-order valence-electron chi connectivity index (χ2n) is 4.13. The van der Waals surface area contributed by atoms with Gasteiger partial charge in [-0.3, -0.25) is 4.79 Å². The number of hydrogen-bond donors (Lipinski definition) is 3. The fraction of sp³-hybridized carbons (Fsp3) is 0.273. The molecule has 1 fully saturated rings. The third-order valence-electron chi connectivity index (χ3n) is 2.86. The topological polar surface area (TPSA) is 101 Å². The zero-order valence-corrected chi connectivity index (χ0v) is 10.1. The summed E-state index contributed by atoms with van der Waals surface area (Å²) in [7, 11) is -2.82. The highest BCUT2D eigenvalue weighted by Crippen LogP contribution is 2.40. The second-order valence-corrected chi connectivity index (χ2v) is 5.50. The number of nitrogens with one attached hydrogen (secondary N) is 1. The molecule has 0 atom stereocenters. The minimum atomic E-state index is -2.82. The van der Waals surface area contributed by atoms with Crippen LogP contribution >= 0.6 is 0 Å². The van der Waals surface area contributed by atoms with Crippen molar-refractivity contribution in [1.82, 2.24) is 0 Å². The van der Waals surface area contributed by atoms with Crippen molar-refractivity contribution in [3.05, 3.63) is 29.8 Å². The summed E-state index contributed by atoms with van der Waals surface area (Å²) in [5.41, 5.74) is 0.312. The van der Waals surface area contributed by atoms with Gasteiger partial charge in [-0.2, -0.15) is 0 Å². The summed E-state index contributed by atoms with van der Waals surface area (Å²) >= 11 is 0. The number of benzene rings is 1. The average molecular weight is 269 g/mol. The van der Waals surface area contributed by atoms with Crippen molar-refractivity contribution in [2.45, 2.75) is 17.6 Å². The molecular weight excluding hydrogens is 258 g/mol. The summed E-state index contributed by atoms with van der Waals surface area (Å²) in [6.07, 6.45) is 0.631. The van der Waals surface area contributed by atoms with E-state index in [9.17, 15) is 18.0 Å². The standard InChI is InChI=1S/C11H11NO5S/c13-9(14)7-2-1-3-8(6-7)12-10(15)11(4-5-11)18(16)17/h1-3,6,18H,4-5H2,(H,12,15)(H,13,14). The summed E-state index contributed by atoms with van der Waals surface area (Å²) in [5, 5.41) is 11.2. The number of carboxylic acids is 1. The van der Waals surface area contributed by atoms with Crippen molar-refractivity contribution in [2.24, 2.45) is 0 Å². The first-order valence-electron chi connectivity index (χ1n) is 5.25. The Balaban J connectivity index is 2.18. The van der Waals surface area contributed by atoms with Crippen LogP contribution in [0.15, 0.2) is 24.3 Å². The Morgan fingerprint density at radius 3 is 2.44 bits per heavy atom. The molecule has 7 heteroatoms. The van der Waals surface area contributed by atoms with Gasteiger partial charge in [-0.1, -0.05) is 6.07 Å². The average Bonchev–Trinajstić information content (AvgIpc) is 3.10. The van der Waals surface area contributed by atoms with Crippen molar-refractivity contribution in [1.29, 1.82) is 0 Å². The number of carbonyl (C=O) groups excluding carboxylic acids is 1. The van der Waals surface area contributed by atoms with Gasteiger partial charge in [0.05, 0.1) is 5.56 Å². The van der Waals surface area contributed by atoms with E-state index in [-0.39, 0.29) is 11.3 Å². The molecule has 1 saturated carbocycles. The van der Waals surface area contributed by atoms with E-state index in [4.69, 9.17) is 5.11 Å². The van der Waals surface area contributed by atoms with Gasteiger partial charge in [0.15, 0.2) is 10.7 Å². The number of rotatable bonds is 4. The van der Waals surface area contributed by atoms with E-state index in [0.29, 0.717) is 12.8 Å². The predicted molar refractivity (Wildman–Crippen MR) is 64.3 cm³/mol. The maximum absolute atomic E-state index is 11.8. The molecule has 1 aromatic carbocycles. The second kappa shape index (κ2) is 4.41. The minimum Gasteiger partial charge on any atom is -0.478 e. The van der Waals surface area contributed by atoms with Gasteiger partial charge in [0.25, 0.3) is 0 Å². The molecule has 18 heavy (non-hydrogen) atoms. The van der Waals surface area contributed by atoms with E-state index in [1.807, 2.05) is 0 Å². The molecule has 1 amide bonds. The molecular formula is C11H11NO5S. The van der Waals surface area contributed by atoms with Crippen molar-refractivity contribution < 1.29 is 23.1 Å². The van der Waals surface area contributed by atoms with Crippen LogP contribution in [-0.4, -0.2) is 30.1 Å². The summed E-state index contributed by atoms with van der Waals surface area (Å²) in [5.74, 6) is -1.71. The molecule has 0 bridgehead atoms. The van der Waals surface area contributed by atoms with Crippen LogP contribution in [0, 0.1) is 0 Å². The molecule has 0 spiro atoms. The summed E-state index contributed by atoms with van der Waals surface area (Å²) in [6.45, 7) is 0. The highest BCUT2D eigenvalue weighted by Gasteiger charge is 2.53. The Morgan fingerprint density at radius 1 is 1.28 bits per heavy atom. The lowest BCUT2D eigenvalue weighted by Crippen LogP contribution is -2.31. The molecule has 0 heterocycles. The fourth-order valence-corrected chi connectivity index (χ4v) is 2.29. The van der Waals surface area contributed by atoms with E-state index < -0.39 is 27.3 Å². The smallest absolute Gasteiger partial charge is 0.335 e. The molecule has 1 aliphatic carbocycles. The Kier molecular flexibility index (Phi) is 3.08. The monoisotopic (exact) mass is 269 g/mol. The van der Waals surface area contributed by atoms with Crippen molar-refractivity contribution in [3.63, 3.8) is 0 Å². The molecule has 0 aromatic heterocycles. The maximum atomic E-state index is 11.8. The molecule has 2 rings (SSSR count). The Labute approximate surface area is 105 Å². The van der Waals surface area contributed by atoms with Gasteiger partial charge in [0.2, 0.25) is 5.91 Å². The van der Waals surface area contributed by atoms with Gasteiger partial charge in [-0.15, -0.1) is 0 Å². The number of carbonyl (C=O) groups is 2. The first-order chi connectivity index (χ1) is 8.45. The van der Waals surface area contributed by atoms with Gasteiger partial charge in [-0.25, -0.2) is 13.2 Å². The van der Waals surface area contributed by atoms with Gasteiger partial charge >= 0.3 is 5.97 Å². The Hall–Kier alpha value is -1.89. The van der Waals surface area contributed by atoms with E-state index in [1.54, 1.807) is 0 Å². The van der Waals surface area contributed by atoms with Crippen LogP contribution in [0.25, 0.3) is 0 Å². The third-order valence-corrected chi connectivity index (χ3v) is 4.21. The van der Waals surface area contributed by atoms with Crippen LogP contribution in [0.5, 0.6) is 0 Å². The van der Waals surface area contributed by atoms with Gasteiger partial charge in [-0.05, 0) is 31.0 Å². The van der Waals surface area contributed by atoms with E-state index in [1.165, 1.54) is 24.3 Å². The van der Waals surface area contributed by atoms with Gasteiger partial charge in [0, 0.05) is 5.69 Å². The summed E-state index contributed by atoms with van der Waals surface area (Å²) in [4.78, 5) is 22.5. The summed E-state index contributed by atoms with van der Waals surface area (Å²) < 4.78 is 20.6. The van der Waals surface area contributed by atoms with E-state index in [0.717, 1.165) is 0 Å². The zero-order valence-electron chi connectivity index (χ0n) is 9.25. The van der Waals surface area contributed by atoms with Crippen LogP contribution in [0.3, 0.4) is 0 Å². The van der Waals surface area contributed by atoms with Crippen LogP contribution < -0.4 is 5.32 Å². The molecule has 0 aliphatic heterocycles. The van der Waals surface area contributed by atoms with Crippen LogP contribution in [0.2, 0.25) is 0 Å². The van der Waals surface area contributed by atoms with Gasteiger partial charge < -0.3 is 10.4 Å². The minimum absolute atomic E-state index is 0.0316. The third kappa shape index (κ3) is 2.21. The van der Waals surface area contributed by atoms with Crippen LogP contribution in [0.4, 0.5) is 5.69 Å². The first-order valence-corrected chi connectivity index (χ1v) is 6.43. The van der Waals surface area contributed by atoms with Crippen LogP contribution in [-0.2, 0) is 15.5 Å². The quantitative estimate of drug-likeness (QED) is 0.690. The number of hydrogen-bond acceptors (Lipinski definition) is 4. The van der Waals surface area contributed by atoms with E-state index >= 15 is 0 Å². The van der Waals surface area contributed by atoms with Crippen molar-refractivity contribution in [3.8, 4) is 0 Å². The molecule has 1 aliphatic rings. The van der Waals surface area contributed by atoms with E-state index in [2.05, 4.69) is 5.32 Å². The molecule has 0 radical (unpaired) electrons. The fourth-order valence-electron chi connectivity index (χ4n) is 1.59. The molecule has 0 saturated heterocycles. The Bertz CT molecular complexity index is 581. The molecule has 0 unspecified atom stereocenters. The molecule has 1 aromatic rings. The highest BCUT2D eigenvalue weighted by molar-refractivity contribution is 7.75. The number of amides is 1. The number of thiol groups is 1. The molecule has 2 N–H and O–H groups in total. The normalized spacial score (nSPS) is 16.3.